The molecule has 1 aromatic carbocycles. The molecule has 0 aliphatic heterocycles. The number of hydrogen-bond donors (Lipinski definition) is 2. The summed E-state index contributed by atoms with van der Waals surface area (Å²) in [7, 11) is 1.62. The summed E-state index contributed by atoms with van der Waals surface area (Å²) in [4.78, 5) is 11.4. The van der Waals surface area contributed by atoms with Gasteiger partial charge in [0.25, 0.3) is 0 Å². The predicted molar refractivity (Wildman–Crippen MR) is 68.6 cm³/mol. The maximum atomic E-state index is 11.4. The fourth-order valence-electron chi connectivity index (χ4n) is 2.12. The van der Waals surface area contributed by atoms with Crippen LogP contribution in [0.15, 0.2) is 24.3 Å². The Hall–Kier alpha value is -1.55. The lowest BCUT2D eigenvalue weighted by Crippen LogP contribution is -2.51. The Morgan fingerprint density at radius 1 is 1.56 bits per heavy atom. The van der Waals surface area contributed by atoms with E-state index in [1.165, 1.54) is 0 Å². The molecule has 4 heteroatoms. The van der Waals surface area contributed by atoms with Gasteiger partial charge in [0.1, 0.15) is 11.3 Å². The van der Waals surface area contributed by atoms with Crippen LogP contribution in [-0.2, 0) is 11.3 Å². The minimum absolute atomic E-state index is 0.251. The fraction of sp³-hybridized carbons (Fsp3) is 0.500. The summed E-state index contributed by atoms with van der Waals surface area (Å²) in [6.45, 7) is 2.31. The molecule has 0 saturated heterocycles. The number of carboxylic acid groups (broad SMARTS) is 1. The predicted octanol–water partition coefficient (Wildman–Crippen LogP) is 2.04. The van der Waals surface area contributed by atoms with Gasteiger partial charge in [-0.2, -0.15) is 0 Å². The number of nitrogens with one attached hydrogen (secondary N) is 1. The molecule has 1 aliphatic carbocycles. The number of hydrogen-bond acceptors (Lipinski definition) is 3. The summed E-state index contributed by atoms with van der Waals surface area (Å²) in [6.07, 6.45) is 1.99. The molecule has 1 aromatic rings. The minimum Gasteiger partial charge on any atom is -0.497 e. The van der Waals surface area contributed by atoms with E-state index in [4.69, 9.17) is 4.74 Å². The van der Waals surface area contributed by atoms with Crippen LogP contribution in [0.2, 0.25) is 0 Å². The van der Waals surface area contributed by atoms with Gasteiger partial charge in [-0.05, 0) is 43.4 Å². The lowest BCUT2D eigenvalue weighted by atomic mass is 9.95. The highest BCUT2D eigenvalue weighted by atomic mass is 16.5. The first kappa shape index (κ1) is 12.9. The van der Waals surface area contributed by atoms with Crippen molar-refractivity contribution in [2.45, 2.75) is 31.8 Å². The molecular weight excluding hydrogens is 230 g/mol. The summed E-state index contributed by atoms with van der Waals surface area (Å²) in [5.41, 5.74) is 0.214. The molecule has 0 radical (unpaired) electrons. The molecule has 18 heavy (non-hydrogen) atoms. The van der Waals surface area contributed by atoms with E-state index in [1.54, 1.807) is 14.0 Å². The molecule has 1 unspecified atom stereocenters. The SMILES string of the molecule is COc1cccc(CNC(C)(C(=O)O)C2CC2)c1. The maximum absolute atomic E-state index is 11.4. The van der Waals surface area contributed by atoms with Crippen LogP contribution in [0.5, 0.6) is 5.75 Å². The van der Waals surface area contributed by atoms with Gasteiger partial charge in [-0.1, -0.05) is 12.1 Å². The summed E-state index contributed by atoms with van der Waals surface area (Å²) < 4.78 is 5.15. The zero-order valence-corrected chi connectivity index (χ0v) is 10.8. The minimum atomic E-state index is -0.816. The van der Waals surface area contributed by atoms with Gasteiger partial charge in [-0.25, -0.2) is 0 Å². The van der Waals surface area contributed by atoms with Gasteiger partial charge >= 0.3 is 5.97 Å². The number of benzene rings is 1. The van der Waals surface area contributed by atoms with E-state index in [-0.39, 0.29) is 5.92 Å². The summed E-state index contributed by atoms with van der Waals surface area (Å²) in [6, 6.07) is 7.67. The molecule has 0 spiro atoms. The van der Waals surface area contributed by atoms with E-state index in [2.05, 4.69) is 5.32 Å². The maximum Gasteiger partial charge on any atom is 0.323 e. The molecule has 1 atom stereocenters. The van der Waals surface area contributed by atoms with Crippen LogP contribution in [0.1, 0.15) is 25.3 Å². The first-order chi connectivity index (χ1) is 8.56. The van der Waals surface area contributed by atoms with Crippen molar-refractivity contribution >= 4 is 5.97 Å². The van der Waals surface area contributed by atoms with E-state index < -0.39 is 11.5 Å². The Labute approximate surface area is 107 Å². The van der Waals surface area contributed by atoms with Crippen LogP contribution in [0.4, 0.5) is 0 Å². The molecule has 98 valence electrons. The molecule has 4 nitrogen and oxygen atoms in total. The van der Waals surface area contributed by atoms with Gasteiger partial charge in [0, 0.05) is 6.54 Å². The topological polar surface area (TPSA) is 58.6 Å². The molecule has 0 bridgehead atoms. The van der Waals surface area contributed by atoms with Crippen LogP contribution in [0, 0.1) is 5.92 Å². The Morgan fingerprint density at radius 3 is 2.83 bits per heavy atom. The second kappa shape index (κ2) is 4.98. The fourth-order valence-corrected chi connectivity index (χ4v) is 2.12. The Bertz CT molecular complexity index is 442. The van der Waals surface area contributed by atoms with Crippen LogP contribution in [0.3, 0.4) is 0 Å². The molecule has 1 fully saturated rings. The van der Waals surface area contributed by atoms with Gasteiger partial charge in [0.05, 0.1) is 7.11 Å². The van der Waals surface area contributed by atoms with Gasteiger partial charge < -0.3 is 9.84 Å². The van der Waals surface area contributed by atoms with Crippen molar-refractivity contribution in [1.82, 2.24) is 5.32 Å². The second-order valence-electron chi connectivity index (χ2n) is 4.99. The smallest absolute Gasteiger partial charge is 0.323 e. The molecule has 0 amide bonds. The summed E-state index contributed by atoms with van der Waals surface area (Å²) in [5, 5.41) is 12.5. The average Bonchev–Trinajstić information content (AvgIpc) is 3.20. The first-order valence-electron chi connectivity index (χ1n) is 6.17. The van der Waals surface area contributed by atoms with Crippen molar-refractivity contribution < 1.29 is 14.6 Å². The molecular formula is C14H19NO3. The van der Waals surface area contributed by atoms with Crippen molar-refractivity contribution in [2.24, 2.45) is 5.92 Å². The monoisotopic (exact) mass is 249 g/mol. The normalized spacial score (nSPS) is 18.1. The van der Waals surface area contributed by atoms with E-state index in [0.717, 1.165) is 24.2 Å². The number of carboxylic acids is 1. The molecule has 1 saturated carbocycles. The molecule has 0 heterocycles. The van der Waals surface area contributed by atoms with Gasteiger partial charge in [-0.3, -0.25) is 10.1 Å². The quantitative estimate of drug-likeness (QED) is 0.810. The standard InChI is InChI=1S/C14H19NO3/c1-14(13(16)17,11-6-7-11)15-9-10-4-3-5-12(8-10)18-2/h3-5,8,11,15H,6-7,9H2,1-2H3,(H,16,17). The Kier molecular flexibility index (Phi) is 3.57. The van der Waals surface area contributed by atoms with Gasteiger partial charge in [0.2, 0.25) is 0 Å². The van der Waals surface area contributed by atoms with Crippen molar-refractivity contribution in [3.63, 3.8) is 0 Å². The van der Waals surface area contributed by atoms with Gasteiger partial charge in [0.15, 0.2) is 0 Å². The molecule has 2 rings (SSSR count). The highest BCUT2D eigenvalue weighted by Gasteiger charge is 2.47. The molecule has 0 aromatic heterocycles. The molecule has 1 aliphatic rings. The zero-order valence-electron chi connectivity index (χ0n) is 10.8. The largest absolute Gasteiger partial charge is 0.497 e. The highest BCUT2D eigenvalue weighted by Crippen LogP contribution is 2.39. The summed E-state index contributed by atoms with van der Waals surface area (Å²) in [5.74, 6) is 0.270. The van der Waals surface area contributed by atoms with Crippen LogP contribution in [-0.4, -0.2) is 23.7 Å². The van der Waals surface area contributed by atoms with Crippen LogP contribution >= 0.6 is 0 Å². The van der Waals surface area contributed by atoms with E-state index in [1.807, 2.05) is 24.3 Å². The number of aliphatic carboxylic acids is 1. The van der Waals surface area contributed by atoms with E-state index in [9.17, 15) is 9.90 Å². The number of methoxy groups -OCH3 is 1. The first-order valence-corrected chi connectivity index (χ1v) is 6.17. The van der Waals surface area contributed by atoms with Crippen LogP contribution in [0.25, 0.3) is 0 Å². The number of carbonyl (C=O) groups is 1. The third-order valence-corrected chi connectivity index (χ3v) is 3.63. The highest BCUT2D eigenvalue weighted by molar-refractivity contribution is 5.79. The molecule has 2 N–H and O–H groups in total. The van der Waals surface area contributed by atoms with Crippen molar-refractivity contribution in [2.75, 3.05) is 7.11 Å². The van der Waals surface area contributed by atoms with Gasteiger partial charge in [-0.15, -0.1) is 0 Å². The number of ether oxygens (including phenoxy) is 1. The average molecular weight is 249 g/mol. The van der Waals surface area contributed by atoms with Crippen LogP contribution < -0.4 is 10.1 Å². The lowest BCUT2D eigenvalue weighted by Gasteiger charge is -2.26. The zero-order chi connectivity index (χ0) is 13.2. The van der Waals surface area contributed by atoms with E-state index >= 15 is 0 Å². The third kappa shape index (κ3) is 2.64. The second-order valence-corrected chi connectivity index (χ2v) is 4.99. The third-order valence-electron chi connectivity index (χ3n) is 3.63. The summed E-state index contributed by atoms with van der Waals surface area (Å²) >= 11 is 0. The Morgan fingerprint density at radius 2 is 2.28 bits per heavy atom. The van der Waals surface area contributed by atoms with Crippen molar-refractivity contribution in [3.8, 4) is 5.75 Å². The Balaban J connectivity index is 2.03. The lowest BCUT2D eigenvalue weighted by molar-refractivity contribution is -0.145. The van der Waals surface area contributed by atoms with Crippen molar-refractivity contribution in [3.05, 3.63) is 29.8 Å². The number of rotatable bonds is 6. The van der Waals surface area contributed by atoms with E-state index in [0.29, 0.717) is 6.54 Å². The van der Waals surface area contributed by atoms with Crippen molar-refractivity contribution in [1.29, 1.82) is 0 Å².